The normalized spacial score (nSPS) is 17.3. The van der Waals surface area contributed by atoms with Crippen LogP contribution in [0.3, 0.4) is 0 Å². The molecule has 0 fully saturated rings. The Bertz CT molecular complexity index is 1200. The molecule has 1 aliphatic carbocycles. The van der Waals surface area contributed by atoms with Crippen LogP contribution in [-0.4, -0.2) is 20.9 Å². The van der Waals surface area contributed by atoms with Crippen LogP contribution in [0.5, 0.6) is 0 Å². The number of nitrogens with zero attached hydrogens (tertiary/aromatic N) is 3. The standard InChI is InChI=1S/C27H36N3O3/c1-7-21(27(3,4)5)26(32)33-17-30-15-14-29(18(30)2)16-19-12-13-23-24(25(19)31)20-10-8-9-11-22(20)28(23)6/h8-11,14-15,19,21H,7,12-13,16-17H2,1-6H3/q+1/t19?,21-/m1/s1. The molecule has 2 aromatic heterocycles. The Morgan fingerprint density at radius 1 is 1.27 bits per heavy atom. The van der Waals surface area contributed by atoms with Gasteiger partial charge in [-0.25, -0.2) is 4.57 Å². The van der Waals surface area contributed by atoms with Crippen molar-refractivity contribution in [3.05, 3.63) is 53.7 Å². The fourth-order valence-electron chi connectivity index (χ4n) is 5.31. The molecule has 4 rings (SSSR count). The van der Waals surface area contributed by atoms with Crippen LogP contribution in [0.25, 0.3) is 10.9 Å². The molecule has 3 aromatic rings. The molecule has 6 nitrogen and oxygen atoms in total. The number of aromatic nitrogens is 3. The fraction of sp³-hybridized carbons (Fsp3) is 0.519. The number of ketones is 1. The molecule has 0 saturated carbocycles. The minimum atomic E-state index is -0.157. The minimum absolute atomic E-state index is 0.0595. The van der Waals surface area contributed by atoms with Crippen LogP contribution in [0.1, 0.15) is 62.4 Å². The van der Waals surface area contributed by atoms with Crippen LogP contribution in [0, 0.1) is 24.2 Å². The van der Waals surface area contributed by atoms with Crippen molar-refractivity contribution >= 4 is 22.7 Å². The lowest BCUT2D eigenvalue weighted by Crippen LogP contribution is -2.40. The summed E-state index contributed by atoms with van der Waals surface area (Å²) in [5, 5.41) is 1.06. The van der Waals surface area contributed by atoms with E-state index in [1.165, 1.54) is 0 Å². The van der Waals surface area contributed by atoms with Crippen molar-refractivity contribution in [1.29, 1.82) is 0 Å². The Morgan fingerprint density at radius 3 is 2.70 bits per heavy atom. The van der Waals surface area contributed by atoms with E-state index in [-0.39, 0.29) is 35.7 Å². The monoisotopic (exact) mass is 450 g/mol. The highest BCUT2D eigenvalue weighted by molar-refractivity contribution is 6.11. The third-order valence-corrected chi connectivity index (χ3v) is 7.33. The average Bonchev–Trinajstić information content (AvgIpc) is 3.26. The number of carbonyl (C=O) groups excluding carboxylic acids is 2. The number of hydrogen-bond acceptors (Lipinski definition) is 3. The number of esters is 1. The second-order valence-electron chi connectivity index (χ2n) is 10.4. The predicted octanol–water partition coefficient (Wildman–Crippen LogP) is 4.59. The maximum Gasteiger partial charge on any atom is 0.312 e. The van der Waals surface area contributed by atoms with Crippen LogP contribution >= 0.6 is 0 Å². The quantitative estimate of drug-likeness (QED) is 0.408. The number of hydrogen-bond donors (Lipinski definition) is 0. The molecule has 176 valence electrons. The SMILES string of the molecule is CC[C@H](C(=O)OC[n+]1ccn(CC2CCc3c(c4ccccc4n3C)C2=O)c1C)C(C)(C)C. The molecule has 1 unspecified atom stereocenters. The molecule has 33 heavy (non-hydrogen) atoms. The van der Waals surface area contributed by atoms with Gasteiger partial charge >= 0.3 is 5.97 Å². The predicted molar refractivity (Wildman–Crippen MR) is 128 cm³/mol. The smallest absolute Gasteiger partial charge is 0.312 e. The maximum atomic E-state index is 13.5. The summed E-state index contributed by atoms with van der Waals surface area (Å²) in [7, 11) is 2.05. The van der Waals surface area contributed by atoms with Crippen molar-refractivity contribution in [3.8, 4) is 0 Å². The molecule has 0 saturated heterocycles. The van der Waals surface area contributed by atoms with Crippen molar-refractivity contribution in [1.82, 2.24) is 9.13 Å². The van der Waals surface area contributed by atoms with E-state index in [4.69, 9.17) is 4.74 Å². The summed E-state index contributed by atoms with van der Waals surface area (Å²) in [6, 6.07) is 8.16. The molecular weight excluding hydrogens is 414 g/mol. The van der Waals surface area contributed by atoms with Gasteiger partial charge in [-0.3, -0.25) is 9.59 Å². The van der Waals surface area contributed by atoms with E-state index in [1.54, 1.807) is 0 Å². The summed E-state index contributed by atoms with van der Waals surface area (Å²) in [5.41, 5.74) is 3.03. The van der Waals surface area contributed by atoms with Gasteiger partial charge in [-0.2, -0.15) is 4.57 Å². The number of ether oxygens (including phenoxy) is 1. The molecule has 2 atom stereocenters. The number of aryl methyl sites for hydroxylation is 1. The van der Waals surface area contributed by atoms with Crippen LogP contribution in [0.2, 0.25) is 0 Å². The van der Waals surface area contributed by atoms with Gasteiger partial charge in [0, 0.05) is 36.1 Å². The van der Waals surface area contributed by atoms with E-state index in [9.17, 15) is 9.59 Å². The molecule has 0 aliphatic heterocycles. The van der Waals surface area contributed by atoms with Crippen molar-refractivity contribution in [2.75, 3.05) is 0 Å². The lowest BCUT2D eigenvalue weighted by molar-refractivity contribution is -0.732. The highest BCUT2D eigenvalue weighted by Crippen LogP contribution is 2.34. The Kier molecular flexibility index (Phi) is 6.21. The maximum absolute atomic E-state index is 13.5. The zero-order valence-electron chi connectivity index (χ0n) is 20.7. The second kappa shape index (κ2) is 8.81. The first kappa shape index (κ1) is 23.3. The van der Waals surface area contributed by atoms with Crippen LogP contribution in [0.4, 0.5) is 0 Å². The van der Waals surface area contributed by atoms with E-state index in [1.807, 2.05) is 42.9 Å². The molecule has 2 heterocycles. The number of carbonyl (C=O) groups is 2. The first-order valence-electron chi connectivity index (χ1n) is 12.0. The van der Waals surface area contributed by atoms with Gasteiger partial charge in [-0.15, -0.1) is 0 Å². The number of Topliss-reactive ketones (excluding diaryl/α,β-unsaturated/α-hetero) is 1. The zero-order chi connectivity index (χ0) is 23.9. The Labute approximate surface area is 196 Å². The number of imidazole rings is 1. The molecule has 0 bridgehead atoms. The molecule has 0 spiro atoms. The Hall–Kier alpha value is -2.89. The largest absolute Gasteiger partial charge is 0.424 e. The Morgan fingerprint density at radius 2 is 2.00 bits per heavy atom. The van der Waals surface area contributed by atoms with E-state index < -0.39 is 0 Å². The fourth-order valence-corrected chi connectivity index (χ4v) is 5.31. The summed E-state index contributed by atoms with van der Waals surface area (Å²) in [5.74, 6) is 0.861. The highest BCUT2D eigenvalue weighted by Gasteiger charge is 2.34. The van der Waals surface area contributed by atoms with Gasteiger partial charge in [0.1, 0.15) is 18.9 Å². The van der Waals surface area contributed by atoms with E-state index in [0.717, 1.165) is 47.2 Å². The first-order valence-corrected chi connectivity index (χ1v) is 12.0. The lowest BCUT2D eigenvalue weighted by Gasteiger charge is -2.27. The van der Waals surface area contributed by atoms with Gasteiger partial charge < -0.3 is 9.30 Å². The number of benzene rings is 1. The summed E-state index contributed by atoms with van der Waals surface area (Å²) >= 11 is 0. The second-order valence-corrected chi connectivity index (χ2v) is 10.4. The molecule has 1 aromatic carbocycles. The van der Waals surface area contributed by atoms with E-state index in [0.29, 0.717) is 6.54 Å². The highest BCUT2D eigenvalue weighted by atomic mass is 16.5. The third kappa shape index (κ3) is 4.23. The number of rotatable bonds is 6. The molecule has 0 radical (unpaired) electrons. The van der Waals surface area contributed by atoms with Gasteiger partial charge in [0.2, 0.25) is 6.73 Å². The zero-order valence-corrected chi connectivity index (χ0v) is 20.7. The van der Waals surface area contributed by atoms with Gasteiger partial charge in [-0.05, 0) is 30.7 Å². The van der Waals surface area contributed by atoms with Crippen LogP contribution in [0.15, 0.2) is 36.7 Å². The summed E-state index contributed by atoms with van der Waals surface area (Å²) in [6.07, 6.45) is 6.41. The third-order valence-electron chi connectivity index (χ3n) is 7.33. The molecule has 0 amide bonds. The van der Waals surface area contributed by atoms with Gasteiger partial charge in [0.15, 0.2) is 5.78 Å². The van der Waals surface area contributed by atoms with Crippen molar-refractivity contribution < 1.29 is 18.9 Å². The molecule has 1 aliphatic rings. The van der Waals surface area contributed by atoms with Crippen LogP contribution in [-0.2, 0) is 36.3 Å². The minimum Gasteiger partial charge on any atom is -0.424 e. The van der Waals surface area contributed by atoms with Crippen molar-refractivity contribution in [2.45, 2.75) is 67.2 Å². The topological polar surface area (TPSA) is 57.1 Å². The summed E-state index contributed by atoms with van der Waals surface area (Å²) < 4.78 is 11.9. The number of para-hydroxylation sites is 1. The lowest BCUT2D eigenvalue weighted by atomic mass is 9.79. The van der Waals surface area contributed by atoms with Crippen molar-refractivity contribution in [3.63, 3.8) is 0 Å². The van der Waals surface area contributed by atoms with E-state index >= 15 is 0 Å². The summed E-state index contributed by atoms with van der Waals surface area (Å²) in [4.78, 5) is 26.1. The molecule has 6 heteroatoms. The van der Waals surface area contributed by atoms with Gasteiger partial charge in [-0.1, -0.05) is 45.9 Å². The van der Waals surface area contributed by atoms with Gasteiger partial charge in [0.25, 0.3) is 5.82 Å². The average molecular weight is 451 g/mol. The first-order chi connectivity index (χ1) is 15.6. The number of fused-ring (bicyclic) bond motifs is 3. The Balaban J connectivity index is 1.48. The van der Waals surface area contributed by atoms with Crippen LogP contribution < -0.4 is 4.57 Å². The molecular formula is C27H36N3O3+. The van der Waals surface area contributed by atoms with E-state index in [2.05, 4.69) is 49.1 Å². The van der Waals surface area contributed by atoms with Crippen molar-refractivity contribution in [2.24, 2.45) is 24.3 Å². The van der Waals surface area contributed by atoms with Gasteiger partial charge in [0.05, 0.1) is 11.8 Å². The molecule has 0 N–H and O–H groups in total. The summed E-state index contributed by atoms with van der Waals surface area (Å²) in [6.45, 7) is 11.1.